The molecule has 0 saturated carbocycles. The van der Waals surface area contributed by atoms with Crippen molar-refractivity contribution in [3.63, 3.8) is 0 Å². The third kappa shape index (κ3) is 2.80. The number of ether oxygens (including phenoxy) is 1. The molecule has 84 valence electrons. The third-order valence-electron chi connectivity index (χ3n) is 3.24. The first-order valence-electron chi connectivity index (χ1n) is 5.55. The molecule has 2 heterocycles. The smallest absolute Gasteiger partial charge is 0.0483 e. The lowest BCUT2D eigenvalue weighted by atomic mass is 9.92. The van der Waals surface area contributed by atoms with E-state index >= 15 is 0 Å². The summed E-state index contributed by atoms with van der Waals surface area (Å²) in [6.45, 7) is 7.28. The van der Waals surface area contributed by atoms with Gasteiger partial charge in [0.15, 0.2) is 0 Å². The van der Waals surface area contributed by atoms with E-state index in [1.807, 2.05) is 11.3 Å². The van der Waals surface area contributed by atoms with Gasteiger partial charge in [0.1, 0.15) is 0 Å². The summed E-state index contributed by atoms with van der Waals surface area (Å²) in [4.78, 5) is 1.46. The van der Waals surface area contributed by atoms with Gasteiger partial charge < -0.3 is 10.1 Å². The van der Waals surface area contributed by atoms with E-state index in [0.717, 1.165) is 32.6 Å². The van der Waals surface area contributed by atoms with Crippen LogP contribution in [0.1, 0.15) is 30.2 Å². The number of nitrogens with one attached hydrogen (secondary N) is 1. The minimum Gasteiger partial charge on any atom is -0.381 e. The van der Waals surface area contributed by atoms with Gasteiger partial charge in [-0.2, -0.15) is 0 Å². The fourth-order valence-corrected chi connectivity index (χ4v) is 2.72. The lowest BCUT2D eigenvalue weighted by molar-refractivity contribution is 0.0447. The molecule has 1 saturated heterocycles. The Bertz CT molecular complexity index is 315. The summed E-state index contributed by atoms with van der Waals surface area (Å²) in [5.41, 5.74) is 1.68. The van der Waals surface area contributed by atoms with Crippen LogP contribution in [0, 0.1) is 6.92 Å². The summed E-state index contributed by atoms with van der Waals surface area (Å²) >= 11 is 1.84. The Labute approximate surface area is 95.6 Å². The maximum absolute atomic E-state index is 5.39. The predicted octanol–water partition coefficient (Wildman–Crippen LogP) is 2.72. The largest absolute Gasteiger partial charge is 0.381 e. The molecule has 2 nitrogen and oxygen atoms in total. The van der Waals surface area contributed by atoms with Crippen LogP contribution in [-0.4, -0.2) is 18.8 Å². The lowest BCUT2D eigenvalue weighted by Gasteiger charge is -2.34. The van der Waals surface area contributed by atoms with Crippen molar-refractivity contribution in [3.05, 3.63) is 21.9 Å². The van der Waals surface area contributed by atoms with Crippen LogP contribution in [0.15, 0.2) is 11.4 Å². The summed E-state index contributed by atoms with van der Waals surface area (Å²) < 4.78 is 5.39. The van der Waals surface area contributed by atoms with Crippen LogP contribution in [0.4, 0.5) is 0 Å². The Morgan fingerprint density at radius 1 is 1.47 bits per heavy atom. The molecule has 0 spiro atoms. The molecule has 1 N–H and O–H groups in total. The van der Waals surface area contributed by atoms with Gasteiger partial charge in [-0.1, -0.05) is 0 Å². The summed E-state index contributed by atoms with van der Waals surface area (Å²) in [5, 5.41) is 5.84. The summed E-state index contributed by atoms with van der Waals surface area (Å²) in [7, 11) is 0. The van der Waals surface area contributed by atoms with Gasteiger partial charge >= 0.3 is 0 Å². The first kappa shape index (κ1) is 11.1. The molecule has 1 aromatic heterocycles. The quantitative estimate of drug-likeness (QED) is 0.854. The van der Waals surface area contributed by atoms with Crippen molar-refractivity contribution in [1.82, 2.24) is 5.32 Å². The fraction of sp³-hybridized carbons (Fsp3) is 0.667. The molecule has 0 unspecified atom stereocenters. The molecule has 0 atom stereocenters. The molecule has 1 aliphatic heterocycles. The standard InChI is InChI=1S/C12H19NOS/c1-10-3-8-15-11(10)9-13-12(2)4-6-14-7-5-12/h3,8,13H,4-7,9H2,1-2H3. The van der Waals surface area contributed by atoms with Crippen molar-refractivity contribution in [1.29, 1.82) is 0 Å². The van der Waals surface area contributed by atoms with Gasteiger partial charge in [0.25, 0.3) is 0 Å². The highest BCUT2D eigenvalue weighted by Gasteiger charge is 2.26. The van der Waals surface area contributed by atoms with Crippen LogP contribution < -0.4 is 5.32 Å². The zero-order valence-corrected chi connectivity index (χ0v) is 10.3. The van der Waals surface area contributed by atoms with Crippen molar-refractivity contribution in [2.24, 2.45) is 0 Å². The van der Waals surface area contributed by atoms with Gasteiger partial charge in [-0.3, -0.25) is 0 Å². The number of hydrogen-bond acceptors (Lipinski definition) is 3. The first-order chi connectivity index (χ1) is 7.20. The topological polar surface area (TPSA) is 21.3 Å². The Kier molecular flexibility index (Phi) is 3.44. The highest BCUT2D eigenvalue weighted by molar-refractivity contribution is 7.10. The monoisotopic (exact) mass is 225 g/mol. The number of hydrogen-bond donors (Lipinski definition) is 1. The van der Waals surface area contributed by atoms with Gasteiger partial charge in [0.2, 0.25) is 0 Å². The van der Waals surface area contributed by atoms with Crippen molar-refractivity contribution < 1.29 is 4.74 Å². The molecule has 2 rings (SSSR count). The molecule has 0 radical (unpaired) electrons. The molecule has 0 aliphatic carbocycles. The average Bonchev–Trinajstić information content (AvgIpc) is 2.62. The molecule has 1 fully saturated rings. The van der Waals surface area contributed by atoms with E-state index in [2.05, 4.69) is 30.6 Å². The normalized spacial score (nSPS) is 20.4. The van der Waals surface area contributed by atoms with E-state index in [1.165, 1.54) is 10.4 Å². The molecule has 0 aromatic carbocycles. The van der Waals surface area contributed by atoms with Crippen LogP contribution >= 0.6 is 11.3 Å². The van der Waals surface area contributed by atoms with Crippen molar-refractivity contribution in [2.75, 3.05) is 13.2 Å². The van der Waals surface area contributed by atoms with Crippen LogP contribution in [0.5, 0.6) is 0 Å². The third-order valence-corrected chi connectivity index (χ3v) is 4.26. The maximum Gasteiger partial charge on any atom is 0.0483 e. The molecular weight excluding hydrogens is 206 g/mol. The molecule has 3 heteroatoms. The number of rotatable bonds is 3. The molecule has 0 amide bonds. The summed E-state index contributed by atoms with van der Waals surface area (Å²) in [5.74, 6) is 0. The summed E-state index contributed by atoms with van der Waals surface area (Å²) in [6, 6.07) is 2.19. The zero-order chi connectivity index (χ0) is 10.7. The zero-order valence-electron chi connectivity index (χ0n) is 9.51. The van der Waals surface area contributed by atoms with E-state index in [-0.39, 0.29) is 5.54 Å². The second-order valence-corrected chi connectivity index (χ2v) is 5.55. The van der Waals surface area contributed by atoms with Gasteiger partial charge in [-0.25, -0.2) is 0 Å². The van der Waals surface area contributed by atoms with Crippen molar-refractivity contribution in [2.45, 2.75) is 38.8 Å². The Morgan fingerprint density at radius 3 is 2.80 bits per heavy atom. The van der Waals surface area contributed by atoms with E-state index in [1.54, 1.807) is 0 Å². The van der Waals surface area contributed by atoms with E-state index in [9.17, 15) is 0 Å². The maximum atomic E-state index is 5.39. The second-order valence-electron chi connectivity index (χ2n) is 4.55. The minimum absolute atomic E-state index is 0.272. The number of thiophene rings is 1. The van der Waals surface area contributed by atoms with Crippen LogP contribution in [-0.2, 0) is 11.3 Å². The van der Waals surface area contributed by atoms with E-state index in [4.69, 9.17) is 4.74 Å². The average molecular weight is 225 g/mol. The van der Waals surface area contributed by atoms with Gasteiger partial charge in [-0.15, -0.1) is 11.3 Å². The van der Waals surface area contributed by atoms with Crippen LogP contribution in [0.2, 0.25) is 0 Å². The van der Waals surface area contributed by atoms with Gasteiger partial charge in [0, 0.05) is 30.2 Å². The van der Waals surface area contributed by atoms with Gasteiger partial charge in [0.05, 0.1) is 0 Å². The van der Waals surface area contributed by atoms with Crippen LogP contribution in [0.25, 0.3) is 0 Å². The SMILES string of the molecule is Cc1ccsc1CNC1(C)CCOCC1. The highest BCUT2D eigenvalue weighted by atomic mass is 32.1. The molecule has 15 heavy (non-hydrogen) atoms. The van der Waals surface area contributed by atoms with E-state index < -0.39 is 0 Å². The van der Waals surface area contributed by atoms with Gasteiger partial charge in [-0.05, 0) is 43.7 Å². The molecule has 0 bridgehead atoms. The minimum atomic E-state index is 0.272. The Hall–Kier alpha value is -0.380. The lowest BCUT2D eigenvalue weighted by Crippen LogP contribution is -2.46. The molecule has 1 aromatic rings. The highest BCUT2D eigenvalue weighted by Crippen LogP contribution is 2.22. The van der Waals surface area contributed by atoms with Crippen LogP contribution in [0.3, 0.4) is 0 Å². The predicted molar refractivity (Wildman–Crippen MR) is 64.4 cm³/mol. The summed E-state index contributed by atoms with van der Waals surface area (Å²) in [6.07, 6.45) is 2.24. The van der Waals surface area contributed by atoms with Crippen molar-refractivity contribution >= 4 is 11.3 Å². The Balaban J connectivity index is 1.89. The molecule has 1 aliphatic rings. The Morgan fingerprint density at radius 2 is 2.20 bits per heavy atom. The molecular formula is C12H19NOS. The van der Waals surface area contributed by atoms with E-state index in [0.29, 0.717) is 0 Å². The van der Waals surface area contributed by atoms with Crippen molar-refractivity contribution in [3.8, 4) is 0 Å². The first-order valence-corrected chi connectivity index (χ1v) is 6.43. The number of aryl methyl sites for hydroxylation is 1. The second kappa shape index (κ2) is 4.64. The fourth-order valence-electron chi connectivity index (χ4n) is 1.88.